The SMILES string of the molecule is O=S(=O)(Nc1ccc(Nc2ccc(F)c(F)c2)cc1)c1cccc(Cl)c1. The minimum Gasteiger partial charge on any atom is -0.355 e. The lowest BCUT2D eigenvalue weighted by Crippen LogP contribution is -2.12. The minimum absolute atomic E-state index is 0.0500. The molecule has 3 aromatic rings. The molecule has 26 heavy (non-hydrogen) atoms. The van der Waals surface area contributed by atoms with E-state index in [-0.39, 0.29) is 4.90 Å². The highest BCUT2D eigenvalue weighted by Crippen LogP contribution is 2.23. The summed E-state index contributed by atoms with van der Waals surface area (Å²) in [5.74, 6) is -1.89. The molecule has 0 amide bonds. The molecule has 134 valence electrons. The van der Waals surface area contributed by atoms with Gasteiger partial charge in [-0.25, -0.2) is 17.2 Å². The van der Waals surface area contributed by atoms with Gasteiger partial charge < -0.3 is 5.32 Å². The normalized spacial score (nSPS) is 11.2. The van der Waals surface area contributed by atoms with Gasteiger partial charge >= 0.3 is 0 Å². The molecule has 3 rings (SSSR count). The molecule has 0 radical (unpaired) electrons. The van der Waals surface area contributed by atoms with Crippen molar-refractivity contribution < 1.29 is 17.2 Å². The zero-order chi connectivity index (χ0) is 18.7. The summed E-state index contributed by atoms with van der Waals surface area (Å²) in [5.41, 5.74) is 1.30. The number of benzene rings is 3. The fourth-order valence-electron chi connectivity index (χ4n) is 2.21. The summed E-state index contributed by atoms with van der Waals surface area (Å²) in [7, 11) is -3.76. The topological polar surface area (TPSA) is 58.2 Å². The van der Waals surface area contributed by atoms with Gasteiger partial charge in [0.25, 0.3) is 10.0 Å². The van der Waals surface area contributed by atoms with Crippen LogP contribution in [0.5, 0.6) is 0 Å². The predicted octanol–water partition coefficient (Wildman–Crippen LogP) is 5.16. The summed E-state index contributed by atoms with van der Waals surface area (Å²) in [6.07, 6.45) is 0. The number of anilines is 3. The first-order chi connectivity index (χ1) is 12.3. The Morgan fingerprint density at radius 1 is 0.769 bits per heavy atom. The summed E-state index contributed by atoms with van der Waals surface area (Å²) in [5, 5.41) is 3.22. The highest BCUT2D eigenvalue weighted by molar-refractivity contribution is 7.92. The van der Waals surface area contributed by atoms with Crippen LogP contribution >= 0.6 is 11.6 Å². The highest BCUT2D eigenvalue weighted by atomic mass is 35.5. The number of rotatable bonds is 5. The van der Waals surface area contributed by atoms with Crippen LogP contribution in [0.3, 0.4) is 0 Å². The lowest BCUT2D eigenvalue weighted by Gasteiger charge is -2.10. The molecule has 3 aromatic carbocycles. The molecule has 0 spiro atoms. The van der Waals surface area contributed by atoms with Gasteiger partial charge in [0.15, 0.2) is 11.6 Å². The summed E-state index contributed by atoms with van der Waals surface area (Å²) in [6, 6.07) is 15.7. The molecule has 0 aliphatic carbocycles. The average Bonchev–Trinajstić information content (AvgIpc) is 2.60. The van der Waals surface area contributed by atoms with Gasteiger partial charge in [-0.15, -0.1) is 0 Å². The highest BCUT2D eigenvalue weighted by Gasteiger charge is 2.14. The van der Waals surface area contributed by atoms with E-state index in [4.69, 9.17) is 11.6 Å². The maximum Gasteiger partial charge on any atom is 0.261 e. The van der Waals surface area contributed by atoms with Gasteiger partial charge in [-0.05, 0) is 54.6 Å². The van der Waals surface area contributed by atoms with Crippen molar-refractivity contribution in [2.24, 2.45) is 0 Å². The van der Waals surface area contributed by atoms with E-state index in [0.29, 0.717) is 22.1 Å². The Hall–Kier alpha value is -2.64. The van der Waals surface area contributed by atoms with E-state index >= 15 is 0 Å². The number of nitrogens with one attached hydrogen (secondary N) is 2. The van der Waals surface area contributed by atoms with Crippen LogP contribution in [0, 0.1) is 11.6 Å². The standard InChI is InChI=1S/C18H13ClF2N2O2S/c19-12-2-1-3-16(10-12)26(24,25)23-14-6-4-13(5-7-14)22-15-8-9-17(20)18(21)11-15/h1-11,22-23H. The maximum absolute atomic E-state index is 13.2. The fraction of sp³-hybridized carbons (Fsp3) is 0. The molecule has 0 aliphatic rings. The van der Waals surface area contributed by atoms with Crippen molar-refractivity contribution in [1.82, 2.24) is 0 Å². The van der Waals surface area contributed by atoms with Gasteiger partial charge in [0, 0.05) is 28.2 Å². The third kappa shape index (κ3) is 4.30. The lowest BCUT2D eigenvalue weighted by atomic mass is 10.2. The molecule has 0 atom stereocenters. The van der Waals surface area contributed by atoms with E-state index in [1.54, 1.807) is 36.4 Å². The molecule has 0 aliphatic heterocycles. The van der Waals surface area contributed by atoms with Gasteiger partial charge in [0.05, 0.1) is 4.90 Å². The second-order valence-electron chi connectivity index (χ2n) is 5.39. The van der Waals surface area contributed by atoms with Crippen LogP contribution in [0.25, 0.3) is 0 Å². The molecule has 4 nitrogen and oxygen atoms in total. The molecule has 0 aromatic heterocycles. The first-order valence-corrected chi connectivity index (χ1v) is 9.30. The molecule has 2 N–H and O–H groups in total. The molecule has 0 fully saturated rings. The Morgan fingerprint density at radius 2 is 1.42 bits per heavy atom. The van der Waals surface area contributed by atoms with E-state index in [1.165, 1.54) is 18.2 Å². The summed E-state index contributed by atoms with van der Waals surface area (Å²) >= 11 is 5.82. The quantitative estimate of drug-likeness (QED) is 0.628. The Labute approximate surface area is 154 Å². The molecule has 8 heteroatoms. The summed E-state index contributed by atoms with van der Waals surface area (Å²) < 4.78 is 53.3. The van der Waals surface area contributed by atoms with Crippen molar-refractivity contribution in [3.05, 3.63) is 83.4 Å². The van der Waals surface area contributed by atoms with E-state index in [1.807, 2.05) is 0 Å². The van der Waals surface area contributed by atoms with Crippen molar-refractivity contribution in [3.8, 4) is 0 Å². The van der Waals surface area contributed by atoms with Crippen molar-refractivity contribution in [3.63, 3.8) is 0 Å². The Kier molecular flexibility index (Phi) is 5.11. The number of sulfonamides is 1. The molecule has 0 unspecified atom stereocenters. The van der Waals surface area contributed by atoms with Crippen LogP contribution in [0.4, 0.5) is 25.8 Å². The molecule has 0 bridgehead atoms. The van der Waals surface area contributed by atoms with E-state index in [2.05, 4.69) is 10.0 Å². The third-order valence-corrected chi connectivity index (χ3v) is 5.07. The predicted molar refractivity (Wildman–Crippen MR) is 98.3 cm³/mol. The monoisotopic (exact) mass is 394 g/mol. The number of halogens is 3. The van der Waals surface area contributed by atoms with E-state index < -0.39 is 21.7 Å². The second kappa shape index (κ2) is 7.31. The van der Waals surface area contributed by atoms with Gasteiger partial charge in [0.1, 0.15) is 0 Å². The first-order valence-electron chi connectivity index (χ1n) is 7.44. The van der Waals surface area contributed by atoms with Crippen molar-refractivity contribution in [2.75, 3.05) is 10.0 Å². The Bertz CT molecular complexity index is 1040. The van der Waals surface area contributed by atoms with Gasteiger partial charge in [0.2, 0.25) is 0 Å². The first kappa shape index (κ1) is 18.2. The average molecular weight is 395 g/mol. The van der Waals surface area contributed by atoms with Crippen LogP contribution in [0.2, 0.25) is 5.02 Å². The number of hydrogen-bond donors (Lipinski definition) is 2. The summed E-state index contributed by atoms with van der Waals surface area (Å²) in [4.78, 5) is 0.0500. The fourth-order valence-corrected chi connectivity index (χ4v) is 3.57. The van der Waals surface area contributed by atoms with Crippen LogP contribution in [-0.4, -0.2) is 8.42 Å². The molecule has 0 heterocycles. The van der Waals surface area contributed by atoms with Crippen LogP contribution in [-0.2, 0) is 10.0 Å². The Morgan fingerprint density at radius 3 is 2.08 bits per heavy atom. The van der Waals surface area contributed by atoms with Crippen molar-refractivity contribution in [1.29, 1.82) is 0 Å². The molecule has 0 saturated heterocycles. The van der Waals surface area contributed by atoms with Gasteiger partial charge in [-0.2, -0.15) is 0 Å². The minimum atomic E-state index is -3.76. The third-order valence-electron chi connectivity index (χ3n) is 3.45. The molecular weight excluding hydrogens is 382 g/mol. The zero-order valence-corrected chi connectivity index (χ0v) is 14.8. The second-order valence-corrected chi connectivity index (χ2v) is 7.51. The molecule has 0 saturated carbocycles. The number of hydrogen-bond acceptors (Lipinski definition) is 3. The molecular formula is C18H13ClF2N2O2S. The van der Waals surface area contributed by atoms with Crippen LogP contribution < -0.4 is 10.0 Å². The summed E-state index contributed by atoms with van der Waals surface area (Å²) in [6.45, 7) is 0. The zero-order valence-electron chi connectivity index (χ0n) is 13.2. The largest absolute Gasteiger partial charge is 0.355 e. The van der Waals surface area contributed by atoms with Crippen molar-refractivity contribution in [2.45, 2.75) is 4.90 Å². The van der Waals surface area contributed by atoms with Gasteiger partial charge in [-0.3, -0.25) is 4.72 Å². The van der Waals surface area contributed by atoms with Crippen LogP contribution in [0.15, 0.2) is 71.6 Å². The van der Waals surface area contributed by atoms with E-state index in [0.717, 1.165) is 12.1 Å². The lowest BCUT2D eigenvalue weighted by molar-refractivity contribution is 0.509. The smallest absolute Gasteiger partial charge is 0.261 e. The van der Waals surface area contributed by atoms with Gasteiger partial charge in [-0.1, -0.05) is 17.7 Å². The van der Waals surface area contributed by atoms with Crippen molar-refractivity contribution >= 4 is 38.7 Å². The maximum atomic E-state index is 13.2. The van der Waals surface area contributed by atoms with E-state index in [9.17, 15) is 17.2 Å². The van der Waals surface area contributed by atoms with Crippen LogP contribution in [0.1, 0.15) is 0 Å². The Balaban J connectivity index is 1.74.